The van der Waals surface area contributed by atoms with E-state index in [2.05, 4.69) is 22.4 Å². The van der Waals surface area contributed by atoms with E-state index in [9.17, 15) is 9.59 Å². The fraction of sp³-hybridized carbons (Fsp3) is 0.167. The van der Waals surface area contributed by atoms with Crippen molar-refractivity contribution in [3.63, 3.8) is 0 Å². The molecule has 5 nitrogen and oxygen atoms in total. The molecule has 1 amide bonds. The number of benzene rings is 3. The number of fused-ring (bicyclic) bond motifs is 1. The summed E-state index contributed by atoms with van der Waals surface area (Å²) in [6.45, 7) is 0.633. The van der Waals surface area contributed by atoms with Gasteiger partial charge < -0.3 is 10.3 Å². The maximum atomic E-state index is 12.4. The summed E-state index contributed by atoms with van der Waals surface area (Å²) in [6, 6.07) is 25.6. The lowest BCUT2D eigenvalue weighted by Crippen LogP contribution is -2.17. The molecule has 31 heavy (non-hydrogen) atoms. The number of carbonyl (C=O) groups excluding carboxylic acids is 1. The predicted molar refractivity (Wildman–Crippen MR) is 130 cm³/mol. The summed E-state index contributed by atoms with van der Waals surface area (Å²) in [5.41, 5.74) is 2.51. The maximum absolute atomic E-state index is 12.4. The smallest absolute Gasteiger partial charge is 0.324 e. The van der Waals surface area contributed by atoms with E-state index in [1.54, 1.807) is 28.1 Å². The zero-order valence-electron chi connectivity index (χ0n) is 16.9. The number of amides is 1. The number of thioether (sulfide) groups is 1. The van der Waals surface area contributed by atoms with Crippen molar-refractivity contribution in [3.8, 4) is 0 Å². The average molecular weight is 450 g/mol. The van der Waals surface area contributed by atoms with Gasteiger partial charge in [0.05, 0.1) is 22.5 Å². The Morgan fingerprint density at radius 2 is 1.68 bits per heavy atom. The Bertz CT molecular complexity index is 1220. The molecule has 0 saturated carbocycles. The van der Waals surface area contributed by atoms with Crippen LogP contribution in [0.2, 0.25) is 0 Å². The molecule has 4 rings (SSSR count). The third-order valence-corrected chi connectivity index (χ3v) is 6.84. The van der Waals surface area contributed by atoms with Crippen LogP contribution in [0.25, 0.3) is 11.0 Å². The highest BCUT2D eigenvalue weighted by Gasteiger charge is 2.09. The molecule has 3 aromatic carbocycles. The van der Waals surface area contributed by atoms with Crippen LogP contribution in [0.15, 0.2) is 93.4 Å². The molecule has 0 aliphatic rings. The van der Waals surface area contributed by atoms with E-state index >= 15 is 0 Å². The van der Waals surface area contributed by atoms with Crippen LogP contribution in [0.3, 0.4) is 0 Å². The number of aromatic amines is 1. The van der Waals surface area contributed by atoms with Crippen molar-refractivity contribution in [1.29, 1.82) is 0 Å². The number of hydrogen-bond acceptors (Lipinski definition) is 4. The molecule has 0 bridgehead atoms. The van der Waals surface area contributed by atoms with Gasteiger partial charge in [0.25, 0.3) is 0 Å². The van der Waals surface area contributed by atoms with Gasteiger partial charge in [0, 0.05) is 16.3 Å². The predicted octanol–water partition coefficient (Wildman–Crippen LogP) is 5.24. The Morgan fingerprint density at radius 1 is 0.935 bits per heavy atom. The topological polar surface area (TPSA) is 66.9 Å². The van der Waals surface area contributed by atoms with Crippen LogP contribution >= 0.6 is 23.5 Å². The van der Waals surface area contributed by atoms with Crippen LogP contribution < -0.4 is 11.0 Å². The number of nitrogens with one attached hydrogen (secondary N) is 2. The van der Waals surface area contributed by atoms with Crippen LogP contribution in [-0.2, 0) is 11.3 Å². The maximum Gasteiger partial charge on any atom is 0.326 e. The first-order valence-corrected chi connectivity index (χ1v) is 12.0. The highest BCUT2D eigenvalue weighted by molar-refractivity contribution is 8.00. The zero-order chi connectivity index (χ0) is 21.5. The lowest BCUT2D eigenvalue weighted by molar-refractivity contribution is -0.113. The van der Waals surface area contributed by atoms with Gasteiger partial charge in [-0.2, -0.15) is 11.8 Å². The normalized spacial score (nSPS) is 11.0. The van der Waals surface area contributed by atoms with Gasteiger partial charge in [-0.3, -0.25) is 9.36 Å². The van der Waals surface area contributed by atoms with Crippen molar-refractivity contribution in [2.45, 2.75) is 22.8 Å². The third kappa shape index (κ3) is 5.62. The minimum Gasteiger partial charge on any atom is -0.324 e. The van der Waals surface area contributed by atoms with E-state index in [-0.39, 0.29) is 11.6 Å². The van der Waals surface area contributed by atoms with Gasteiger partial charge in [-0.25, -0.2) is 4.79 Å². The number of aromatic nitrogens is 2. The molecule has 0 aliphatic carbocycles. The Balaban J connectivity index is 1.25. The Kier molecular flexibility index (Phi) is 7.17. The molecular weight excluding hydrogens is 426 g/mol. The molecule has 0 saturated heterocycles. The van der Waals surface area contributed by atoms with Crippen LogP contribution in [-0.4, -0.2) is 27.0 Å². The summed E-state index contributed by atoms with van der Waals surface area (Å²) in [7, 11) is 0. The molecule has 0 radical (unpaired) electrons. The second-order valence-electron chi connectivity index (χ2n) is 6.96. The third-order valence-electron chi connectivity index (χ3n) is 4.72. The number of anilines is 1. The second-order valence-corrected chi connectivity index (χ2v) is 9.19. The highest BCUT2D eigenvalue weighted by Crippen LogP contribution is 2.33. The summed E-state index contributed by atoms with van der Waals surface area (Å²) >= 11 is 3.21. The van der Waals surface area contributed by atoms with E-state index in [1.807, 2.05) is 66.7 Å². The number of aryl methyl sites for hydroxylation is 1. The zero-order valence-corrected chi connectivity index (χ0v) is 18.5. The van der Waals surface area contributed by atoms with Crippen LogP contribution in [0, 0.1) is 0 Å². The van der Waals surface area contributed by atoms with Gasteiger partial charge in [-0.15, -0.1) is 0 Å². The van der Waals surface area contributed by atoms with Gasteiger partial charge in [-0.05, 0) is 48.6 Å². The number of imidazole rings is 1. The fourth-order valence-electron chi connectivity index (χ4n) is 3.28. The van der Waals surface area contributed by atoms with Gasteiger partial charge in [-0.1, -0.05) is 54.2 Å². The van der Waals surface area contributed by atoms with Gasteiger partial charge in [0.15, 0.2) is 0 Å². The van der Waals surface area contributed by atoms with Crippen molar-refractivity contribution in [1.82, 2.24) is 9.55 Å². The van der Waals surface area contributed by atoms with E-state index in [0.29, 0.717) is 12.3 Å². The summed E-state index contributed by atoms with van der Waals surface area (Å²) in [5, 5.41) is 3.03. The molecule has 0 fully saturated rings. The largest absolute Gasteiger partial charge is 0.326 e. The molecule has 0 aliphatic heterocycles. The van der Waals surface area contributed by atoms with Crippen molar-refractivity contribution in [2.75, 3.05) is 16.8 Å². The SMILES string of the molecule is O=C(CSCCCn1c(=O)[nH]c2ccccc21)Nc1ccccc1Sc1ccccc1. The van der Waals surface area contributed by atoms with Gasteiger partial charge in [0.1, 0.15) is 0 Å². The summed E-state index contributed by atoms with van der Waals surface area (Å²) in [6.07, 6.45) is 0.820. The molecule has 0 atom stereocenters. The Labute approximate surface area is 189 Å². The van der Waals surface area contributed by atoms with Crippen LogP contribution in [0.1, 0.15) is 6.42 Å². The first-order valence-electron chi connectivity index (χ1n) is 10.1. The number of para-hydroxylation sites is 3. The summed E-state index contributed by atoms with van der Waals surface area (Å²) in [5.74, 6) is 1.17. The number of rotatable bonds is 9. The standard InChI is InChI=1S/C24H23N3O2S2/c28-23(25-20-12-5-7-14-22(20)31-18-9-2-1-3-10-18)17-30-16-8-15-27-21-13-6-4-11-19(21)26-24(27)29/h1-7,9-14H,8,15-17H2,(H,25,28)(H,26,29). The van der Waals surface area contributed by atoms with Gasteiger partial charge >= 0.3 is 5.69 Å². The lowest BCUT2D eigenvalue weighted by atomic mass is 10.3. The van der Waals surface area contributed by atoms with Gasteiger partial charge in [0.2, 0.25) is 5.91 Å². The number of nitrogens with zero attached hydrogens (tertiary/aromatic N) is 1. The summed E-state index contributed by atoms with van der Waals surface area (Å²) in [4.78, 5) is 29.6. The molecule has 158 valence electrons. The summed E-state index contributed by atoms with van der Waals surface area (Å²) < 4.78 is 1.76. The highest BCUT2D eigenvalue weighted by atomic mass is 32.2. The van der Waals surface area contributed by atoms with Crippen molar-refractivity contribution in [2.24, 2.45) is 0 Å². The molecular formula is C24H23N3O2S2. The molecule has 4 aromatic rings. The number of H-pyrrole nitrogens is 1. The number of hydrogen-bond donors (Lipinski definition) is 2. The Morgan fingerprint density at radius 3 is 2.55 bits per heavy atom. The van der Waals surface area contributed by atoms with E-state index in [0.717, 1.165) is 38.7 Å². The van der Waals surface area contributed by atoms with Crippen molar-refractivity contribution in [3.05, 3.63) is 89.3 Å². The molecule has 0 unspecified atom stereocenters. The van der Waals surface area contributed by atoms with Crippen molar-refractivity contribution >= 4 is 46.2 Å². The lowest BCUT2D eigenvalue weighted by Gasteiger charge is -2.11. The molecule has 1 heterocycles. The minimum absolute atomic E-state index is 0.0182. The fourth-order valence-corrected chi connectivity index (χ4v) is 4.94. The average Bonchev–Trinajstić information content (AvgIpc) is 3.11. The van der Waals surface area contributed by atoms with Crippen LogP contribution in [0.4, 0.5) is 5.69 Å². The van der Waals surface area contributed by atoms with E-state index < -0.39 is 0 Å². The molecule has 0 spiro atoms. The number of carbonyl (C=O) groups is 1. The van der Waals surface area contributed by atoms with Crippen molar-refractivity contribution < 1.29 is 4.79 Å². The first kappa shape index (κ1) is 21.3. The molecule has 2 N–H and O–H groups in total. The quantitative estimate of drug-likeness (QED) is 0.343. The molecule has 1 aromatic heterocycles. The monoisotopic (exact) mass is 449 g/mol. The van der Waals surface area contributed by atoms with Crippen LogP contribution in [0.5, 0.6) is 0 Å². The molecule has 7 heteroatoms. The minimum atomic E-state index is -0.0866. The second kappa shape index (κ2) is 10.4. The van der Waals surface area contributed by atoms with E-state index in [4.69, 9.17) is 0 Å². The van der Waals surface area contributed by atoms with E-state index in [1.165, 1.54) is 0 Å². The Hall–Kier alpha value is -2.90. The first-order chi connectivity index (χ1) is 15.2.